The van der Waals surface area contributed by atoms with Gasteiger partial charge in [-0.15, -0.1) is 0 Å². The van der Waals surface area contributed by atoms with Crippen molar-refractivity contribution in [2.75, 3.05) is 26.2 Å². The Bertz CT molecular complexity index is 690. The minimum absolute atomic E-state index is 0.355. The Hall–Kier alpha value is -1.88. The Morgan fingerprint density at radius 3 is 2.63 bits per heavy atom. The van der Waals surface area contributed by atoms with E-state index in [1.807, 2.05) is 18.2 Å². The van der Waals surface area contributed by atoms with Gasteiger partial charge in [0.1, 0.15) is 44.1 Å². The zero-order valence-corrected chi connectivity index (χ0v) is 16.6. The molecule has 0 aliphatic carbocycles. The lowest BCUT2D eigenvalue weighted by atomic mass is 10.0. The van der Waals surface area contributed by atoms with Crippen LogP contribution in [0.25, 0.3) is 0 Å². The molecule has 2 aromatic rings. The molecule has 1 fully saturated rings. The molecule has 0 spiro atoms. The number of nitrogens with two attached hydrogens (primary N) is 1. The molecule has 1 aliphatic heterocycles. The maximum Gasteiger partial charge on any atom is 0.141 e. The van der Waals surface area contributed by atoms with E-state index in [0.717, 1.165) is 12.3 Å². The second-order valence-electron chi connectivity index (χ2n) is 8.04. The van der Waals surface area contributed by atoms with Crippen LogP contribution in [-0.4, -0.2) is 43.5 Å². The Balaban J connectivity index is 1.38. The van der Waals surface area contributed by atoms with Gasteiger partial charge in [0.2, 0.25) is 0 Å². The maximum absolute atomic E-state index is 10.3. The number of ether oxygens (including phenoxy) is 1. The monoisotopic (exact) mass is 370 g/mol. The van der Waals surface area contributed by atoms with Gasteiger partial charge in [-0.1, -0.05) is 62.4 Å². The SMILES string of the molecule is CC(C)c1ccccc1OC[C@H](O)C[NH2+][C@H]1CC[NH+](Cc2ccccc2)C1. The fraction of sp³-hybridized carbons (Fsp3) is 0.478. The molecule has 146 valence electrons. The molecule has 0 amide bonds. The summed E-state index contributed by atoms with van der Waals surface area (Å²) >= 11 is 0. The van der Waals surface area contributed by atoms with E-state index in [1.165, 1.54) is 30.6 Å². The van der Waals surface area contributed by atoms with Crippen molar-refractivity contribution in [1.29, 1.82) is 0 Å². The number of aliphatic hydroxyl groups is 1. The molecular formula is C23H34N2O2+2. The van der Waals surface area contributed by atoms with Gasteiger partial charge in [-0.2, -0.15) is 0 Å². The highest BCUT2D eigenvalue weighted by Gasteiger charge is 2.29. The smallest absolute Gasteiger partial charge is 0.141 e. The molecule has 1 saturated heterocycles. The van der Waals surface area contributed by atoms with Crippen molar-refractivity contribution >= 4 is 0 Å². The minimum atomic E-state index is -0.441. The van der Waals surface area contributed by atoms with E-state index in [4.69, 9.17) is 4.74 Å². The first kappa shape index (κ1) is 19.9. The van der Waals surface area contributed by atoms with Crippen LogP contribution in [0.5, 0.6) is 5.75 Å². The molecule has 1 unspecified atom stereocenters. The molecule has 4 N–H and O–H groups in total. The zero-order valence-electron chi connectivity index (χ0n) is 16.6. The van der Waals surface area contributed by atoms with Crippen LogP contribution in [0.2, 0.25) is 0 Å². The predicted octanol–water partition coefficient (Wildman–Crippen LogP) is 0.971. The Morgan fingerprint density at radius 2 is 1.85 bits per heavy atom. The van der Waals surface area contributed by atoms with Gasteiger partial charge < -0.3 is 20.1 Å². The molecular weight excluding hydrogens is 336 g/mol. The van der Waals surface area contributed by atoms with Gasteiger partial charge in [0.05, 0.1) is 13.0 Å². The molecule has 0 aromatic heterocycles. The minimum Gasteiger partial charge on any atom is -0.490 e. The number of likely N-dealkylation sites (tertiary alicyclic amines) is 1. The second kappa shape index (κ2) is 9.88. The summed E-state index contributed by atoms with van der Waals surface area (Å²) in [5.41, 5.74) is 2.61. The first-order valence-corrected chi connectivity index (χ1v) is 10.2. The quantitative estimate of drug-likeness (QED) is 0.616. The van der Waals surface area contributed by atoms with Crippen molar-refractivity contribution in [2.24, 2.45) is 0 Å². The van der Waals surface area contributed by atoms with Crippen LogP contribution in [0.4, 0.5) is 0 Å². The van der Waals surface area contributed by atoms with Crippen molar-refractivity contribution in [3.8, 4) is 5.75 Å². The average molecular weight is 371 g/mol. The Kier molecular flexibility index (Phi) is 7.27. The van der Waals surface area contributed by atoms with E-state index < -0.39 is 6.10 Å². The molecule has 3 atom stereocenters. The van der Waals surface area contributed by atoms with Crippen molar-refractivity contribution in [3.05, 3.63) is 65.7 Å². The van der Waals surface area contributed by atoms with Crippen molar-refractivity contribution in [1.82, 2.24) is 0 Å². The highest BCUT2D eigenvalue weighted by molar-refractivity contribution is 5.35. The van der Waals surface area contributed by atoms with Gasteiger partial charge in [-0.05, 0) is 17.5 Å². The fourth-order valence-corrected chi connectivity index (χ4v) is 3.90. The molecule has 1 aliphatic rings. The number of aliphatic hydroxyl groups excluding tert-OH is 1. The van der Waals surface area contributed by atoms with Gasteiger partial charge in [0, 0.05) is 5.56 Å². The summed E-state index contributed by atoms with van der Waals surface area (Å²) < 4.78 is 5.90. The van der Waals surface area contributed by atoms with Gasteiger partial charge in [-0.25, -0.2) is 0 Å². The predicted molar refractivity (Wildman–Crippen MR) is 108 cm³/mol. The van der Waals surface area contributed by atoms with Crippen LogP contribution in [0.15, 0.2) is 54.6 Å². The van der Waals surface area contributed by atoms with Crippen LogP contribution in [0, 0.1) is 0 Å². The van der Waals surface area contributed by atoms with Gasteiger partial charge in [0.25, 0.3) is 0 Å². The molecule has 4 heteroatoms. The molecule has 2 aromatic carbocycles. The van der Waals surface area contributed by atoms with E-state index >= 15 is 0 Å². The van der Waals surface area contributed by atoms with E-state index in [9.17, 15) is 5.11 Å². The molecule has 0 bridgehead atoms. The summed E-state index contributed by atoms with van der Waals surface area (Å²) in [5, 5.41) is 12.6. The third-order valence-electron chi connectivity index (χ3n) is 5.43. The van der Waals surface area contributed by atoms with Gasteiger partial charge >= 0.3 is 0 Å². The molecule has 0 saturated carbocycles. The topological polar surface area (TPSA) is 50.5 Å². The second-order valence-corrected chi connectivity index (χ2v) is 8.04. The van der Waals surface area contributed by atoms with Gasteiger partial charge in [-0.3, -0.25) is 0 Å². The Labute approximate surface area is 163 Å². The fourth-order valence-electron chi connectivity index (χ4n) is 3.90. The summed E-state index contributed by atoms with van der Waals surface area (Å²) in [6.07, 6.45) is 0.773. The first-order valence-electron chi connectivity index (χ1n) is 10.2. The highest BCUT2D eigenvalue weighted by Crippen LogP contribution is 2.25. The lowest BCUT2D eigenvalue weighted by molar-refractivity contribution is -0.911. The number of quaternary nitrogens is 2. The number of para-hydroxylation sites is 1. The van der Waals surface area contributed by atoms with Crippen LogP contribution >= 0.6 is 0 Å². The third-order valence-corrected chi connectivity index (χ3v) is 5.43. The molecule has 3 rings (SSSR count). The Morgan fingerprint density at radius 1 is 1.11 bits per heavy atom. The van der Waals surface area contributed by atoms with Crippen LogP contribution in [-0.2, 0) is 6.54 Å². The summed E-state index contributed by atoms with van der Waals surface area (Å²) in [6, 6.07) is 19.4. The summed E-state index contributed by atoms with van der Waals surface area (Å²) in [6.45, 7) is 8.86. The van der Waals surface area contributed by atoms with E-state index in [-0.39, 0.29) is 0 Å². The van der Waals surface area contributed by atoms with E-state index in [0.29, 0.717) is 25.1 Å². The average Bonchev–Trinajstić information content (AvgIpc) is 3.13. The number of hydrogen-bond acceptors (Lipinski definition) is 2. The summed E-state index contributed by atoms with van der Waals surface area (Å²) in [5.74, 6) is 1.31. The number of benzene rings is 2. The summed E-state index contributed by atoms with van der Waals surface area (Å²) in [7, 11) is 0. The number of nitrogens with one attached hydrogen (secondary N) is 1. The van der Waals surface area contributed by atoms with Crippen LogP contribution in [0.1, 0.15) is 37.3 Å². The molecule has 1 heterocycles. The summed E-state index contributed by atoms with van der Waals surface area (Å²) in [4.78, 5) is 1.64. The first-order chi connectivity index (χ1) is 13.1. The highest BCUT2D eigenvalue weighted by atomic mass is 16.5. The molecule has 27 heavy (non-hydrogen) atoms. The van der Waals surface area contributed by atoms with Crippen LogP contribution < -0.4 is 15.0 Å². The lowest BCUT2D eigenvalue weighted by Crippen LogP contribution is -3.11. The van der Waals surface area contributed by atoms with E-state index in [1.54, 1.807) is 4.90 Å². The molecule has 4 nitrogen and oxygen atoms in total. The van der Waals surface area contributed by atoms with E-state index in [2.05, 4.69) is 55.6 Å². The largest absolute Gasteiger partial charge is 0.490 e. The van der Waals surface area contributed by atoms with Crippen molar-refractivity contribution in [3.63, 3.8) is 0 Å². The maximum atomic E-state index is 10.3. The van der Waals surface area contributed by atoms with Gasteiger partial charge in [0.15, 0.2) is 0 Å². The van der Waals surface area contributed by atoms with Crippen LogP contribution in [0.3, 0.4) is 0 Å². The standard InChI is InChI=1S/C23H32N2O2/c1-18(2)22-10-6-7-11-23(22)27-17-21(26)14-24-20-12-13-25(16-20)15-19-8-4-3-5-9-19/h3-11,18,20-21,24,26H,12-17H2,1-2H3/p+2/t20-,21+/m0/s1. The third kappa shape index (κ3) is 6.06. The zero-order chi connectivity index (χ0) is 19.1. The lowest BCUT2D eigenvalue weighted by Gasteiger charge is -2.17. The van der Waals surface area contributed by atoms with Crippen molar-refractivity contribution in [2.45, 2.75) is 44.9 Å². The van der Waals surface area contributed by atoms with Crippen molar-refractivity contribution < 1.29 is 20.1 Å². The number of rotatable bonds is 9. The number of hydrogen-bond donors (Lipinski definition) is 3. The normalized spacial score (nSPS) is 20.7. The molecule has 0 radical (unpaired) electrons.